The zero-order valence-corrected chi connectivity index (χ0v) is 24.0. The lowest BCUT2D eigenvalue weighted by molar-refractivity contribution is -0.139. The van der Waals surface area contributed by atoms with Crippen molar-refractivity contribution in [2.45, 2.75) is 37.9 Å². The molecular formula is C32H30N4O5S. The molecule has 3 aromatic carbocycles. The van der Waals surface area contributed by atoms with Crippen LogP contribution in [0.4, 0.5) is 10.5 Å². The number of aliphatic carboxylic acids is 1. The Bertz CT molecular complexity index is 1720. The minimum atomic E-state index is -1.14. The molecule has 4 amide bonds. The monoisotopic (exact) mass is 582 g/mol. The predicted octanol–water partition coefficient (Wildman–Crippen LogP) is 4.90. The van der Waals surface area contributed by atoms with Gasteiger partial charge in [0.2, 0.25) is 0 Å². The van der Waals surface area contributed by atoms with Crippen LogP contribution in [0.5, 0.6) is 0 Å². The molecule has 42 heavy (non-hydrogen) atoms. The Morgan fingerprint density at radius 1 is 1.05 bits per heavy atom. The van der Waals surface area contributed by atoms with Gasteiger partial charge < -0.3 is 15.4 Å². The molecule has 214 valence electrons. The molecule has 3 atom stereocenters. The summed E-state index contributed by atoms with van der Waals surface area (Å²) in [5, 5.41) is 13.2. The zero-order valence-electron chi connectivity index (χ0n) is 23.2. The normalized spacial score (nSPS) is 18.6. The van der Waals surface area contributed by atoms with Crippen molar-refractivity contribution >= 4 is 52.2 Å². The number of hydrogen-bond donors (Lipinski definition) is 3. The molecule has 9 nitrogen and oxygen atoms in total. The SMILES string of the molecule is CSCC[C@@H](NC(=O)c1ccccc1N1C(=O)[C@@H]2Cc3c([nH]c4ccccc34)[C@H](c3ccc(C)cc3)N2C1=O)C(=O)O. The fourth-order valence-electron chi connectivity index (χ4n) is 5.98. The van der Waals surface area contributed by atoms with E-state index in [2.05, 4.69) is 10.3 Å². The lowest BCUT2D eigenvalue weighted by atomic mass is 9.88. The van der Waals surface area contributed by atoms with Gasteiger partial charge in [-0.25, -0.2) is 14.5 Å². The highest BCUT2D eigenvalue weighted by molar-refractivity contribution is 7.98. The van der Waals surface area contributed by atoms with Gasteiger partial charge in [-0.1, -0.05) is 60.2 Å². The van der Waals surface area contributed by atoms with Gasteiger partial charge in [0.25, 0.3) is 11.8 Å². The number of para-hydroxylation sites is 2. The molecule has 0 unspecified atom stereocenters. The Labute approximate surface area is 246 Å². The minimum absolute atomic E-state index is 0.0605. The number of anilines is 1. The number of nitrogens with zero attached hydrogens (tertiary/aromatic N) is 2. The van der Waals surface area contributed by atoms with Crippen LogP contribution in [0, 0.1) is 6.92 Å². The summed E-state index contributed by atoms with van der Waals surface area (Å²) in [5.41, 5.74) is 4.92. The average Bonchev–Trinajstić information content (AvgIpc) is 3.48. The number of carboxylic acid groups (broad SMARTS) is 1. The summed E-state index contributed by atoms with van der Waals surface area (Å²) < 4.78 is 0. The lowest BCUT2D eigenvalue weighted by Crippen LogP contribution is -2.44. The topological polar surface area (TPSA) is 123 Å². The van der Waals surface area contributed by atoms with Crippen LogP contribution >= 0.6 is 11.8 Å². The van der Waals surface area contributed by atoms with Crippen molar-refractivity contribution in [1.29, 1.82) is 0 Å². The number of benzene rings is 3. The van der Waals surface area contributed by atoms with E-state index < -0.39 is 41.9 Å². The number of fused-ring (bicyclic) bond motifs is 4. The number of urea groups is 1. The molecule has 0 saturated carbocycles. The van der Waals surface area contributed by atoms with Crippen molar-refractivity contribution in [2.24, 2.45) is 0 Å². The van der Waals surface area contributed by atoms with Crippen molar-refractivity contribution in [3.8, 4) is 0 Å². The standard InChI is InChI=1S/C32H30N4O5S/c1-18-11-13-19(14-12-18)28-27-22(20-7-3-5-9-23(20)33-27)17-26-30(38)36(32(41)35(26)28)25-10-6-4-8-21(25)29(37)34-24(31(39)40)15-16-42-2/h3-14,24,26,28,33H,15-17H2,1-2H3,(H,34,37)(H,39,40)/t24-,26+,28+/m1/s1. The lowest BCUT2D eigenvalue weighted by Gasteiger charge is -2.36. The highest BCUT2D eigenvalue weighted by Crippen LogP contribution is 2.45. The van der Waals surface area contributed by atoms with E-state index in [4.69, 9.17) is 0 Å². The zero-order chi connectivity index (χ0) is 29.5. The summed E-state index contributed by atoms with van der Waals surface area (Å²) in [6.45, 7) is 1.99. The van der Waals surface area contributed by atoms with Crippen LogP contribution < -0.4 is 10.2 Å². The second-order valence-electron chi connectivity index (χ2n) is 10.6. The fourth-order valence-corrected chi connectivity index (χ4v) is 6.45. The number of rotatable bonds is 8. The van der Waals surface area contributed by atoms with E-state index in [0.717, 1.165) is 38.2 Å². The summed E-state index contributed by atoms with van der Waals surface area (Å²) >= 11 is 1.48. The average molecular weight is 583 g/mol. The van der Waals surface area contributed by atoms with Crippen molar-refractivity contribution in [3.63, 3.8) is 0 Å². The second kappa shape index (κ2) is 11.0. The van der Waals surface area contributed by atoms with E-state index in [1.165, 1.54) is 17.8 Å². The van der Waals surface area contributed by atoms with Gasteiger partial charge in [0.05, 0.1) is 11.3 Å². The molecule has 0 bridgehead atoms. The molecule has 10 heteroatoms. The number of hydrogen-bond acceptors (Lipinski definition) is 5. The molecular weight excluding hydrogens is 552 g/mol. The number of amides is 4. The summed E-state index contributed by atoms with van der Waals surface area (Å²) in [7, 11) is 0. The number of carboxylic acids is 1. The first-order valence-corrected chi connectivity index (χ1v) is 15.1. The predicted molar refractivity (Wildman–Crippen MR) is 162 cm³/mol. The number of H-pyrrole nitrogens is 1. The summed E-state index contributed by atoms with van der Waals surface area (Å²) in [4.78, 5) is 59.8. The molecule has 3 N–H and O–H groups in total. The largest absolute Gasteiger partial charge is 0.480 e. The number of carbonyl (C=O) groups is 4. The van der Waals surface area contributed by atoms with Gasteiger partial charge in [0, 0.05) is 23.0 Å². The van der Waals surface area contributed by atoms with E-state index in [0.29, 0.717) is 12.2 Å². The second-order valence-corrected chi connectivity index (χ2v) is 11.6. The van der Waals surface area contributed by atoms with E-state index in [9.17, 15) is 24.3 Å². The molecule has 6 rings (SSSR count). The Kier molecular flexibility index (Phi) is 7.24. The quantitative estimate of drug-likeness (QED) is 0.254. The third kappa shape index (κ3) is 4.61. The number of imide groups is 1. The maximum Gasteiger partial charge on any atom is 0.332 e. The fraction of sp³-hybridized carbons (Fsp3) is 0.250. The molecule has 0 radical (unpaired) electrons. The maximum absolute atomic E-state index is 14.3. The van der Waals surface area contributed by atoms with Crippen LogP contribution in [0.2, 0.25) is 0 Å². The summed E-state index contributed by atoms with van der Waals surface area (Å²) in [6, 6.07) is 19.2. The van der Waals surface area contributed by atoms with Gasteiger partial charge in [-0.3, -0.25) is 14.5 Å². The first-order valence-electron chi connectivity index (χ1n) is 13.7. The third-order valence-electron chi connectivity index (χ3n) is 8.05. The van der Waals surface area contributed by atoms with Crippen LogP contribution in [0.1, 0.15) is 45.2 Å². The van der Waals surface area contributed by atoms with Gasteiger partial charge in [0.15, 0.2) is 0 Å². The first kappa shape index (κ1) is 27.6. The van der Waals surface area contributed by atoms with Gasteiger partial charge in [0.1, 0.15) is 18.1 Å². The van der Waals surface area contributed by atoms with Gasteiger partial charge in [-0.2, -0.15) is 11.8 Å². The molecule has 2 aliphatic heterocycles. The number of thioether (sulfide) groups is 1. The minimum Gasteiger partial charge on any atom is -0.480 e. The van der Waals surface area contributed by atoms with E-state index in [1.54, 1.807) is 23.1 Å². The number of aryl methyl sites for hydroxylation is 1. The highest BCUT2D eigenvalue weighted by Gasteiger charge is 2.53. The number of nitrogens with one attached hydrogen (secondary N) is 2. The van der Waals surface area contributed by atoms with Gasteiger partial charge >= 0.3 is 12.0 Å². The van der Waals surface area contributed by atoms with Crippen LogP contribution in [0.3, 0.4) is 0 Å². The maximum atomic E-state index is 14.3. The van der Waals surface area contributed by atoms with Crippen molar-refractivity contribution in [2.75, 3.05) is 16.9 Å². The van der Waals surface area contributed by atoms with Crippen LogP contribution in [0.25, 0.3) is 10.9 Å². The smallest absolute Gasteiger partial charge is 0.332 e. The van der Waals surface area contributed by atoms with Gasteiger partial charge in [-0.05, 0) is 54.7 Å². The van der Waals surface area contributed by atoms with E-state index >= 15 is 0 Å². The van der Waals surface area contributed by atoms with Crippen LogP contribution in [0.15, 0.2) is 72.8 Å². The highest BCUT2D eigenvalue weighted by atomic mass is 32.2. The van der Waals surface area contributed by atoms with E-state index in [1.807, 2.05) is 61.7 Å². The molecule has 1 fully saturated rings. The molecule has 1 saturated heterocycles. The van der Waals surface area contributed by atoms with Gasteiger partial charge in [-0.15, -0.1) is 0 Å². The number of carbonyl (C=O) groups excluding carboxylic acids is 3. The third-order valence-corrected chi connectivity index (χ3v) is 8.69. The summed E-state index contributed by atoms with van der Waals surface area (Å²) in [5.74, 6) is -1.68. The van der Waals surface area contributed by atoms with Crippen LogP contribution in [-0.4, -0.2) is 62.9 Å². The Morgan fingerprint density at radius 3 is 2.50 bits per heavy atom. The molecule has 3 heterocycles. The molecule has 2 aliphatic rings. The van der Waals surface area contributed by atoms with Crippen molar-refractivity contribution in [1.82, 2.24) is 15.2 Å². The Balaban J connectivity index is 1.41. The Morgan fingerprint density at radius 2 is 1.76 bits per heavy atom. The summed E-state index contributed by atoms with van der Waals surface area (Å²) in [6.07, 6.45) is 2.43. The molecule has 4 aromatic rings. The molecule has 0 aliphatic carbocycles. The number of aromatic nitrogens is 1. The Hall–Kier alpha value is -4.57. The van der Waals surface area contributed by atoms with Crippen LogP contribution in [-0.2, 0) is 16.0 Å². The molecule has 0 spiro atoms. The molecule has 1 aromatic heterocycles. The van der Waals surface area contributed by atoms with E-state index in [-0.39, 0.29) is 17.7 Å². The van der Waals surface area contributed by atoms with Crippen molar-refractivity contribution < 1.29 is 24.3 Å². The van der Waals surface area contributed by atoms with Crippen molar-refractivity contribution in [3.05, 3.63) is 101 Å². The first-order chi connectivity index (χ1) is 20.3. The number of aromatic amines is 1.